The van der Waals surface area contributed by atoms with Crippen LogP contribution in [-0.4, -0.2) is 42.7 Å². The Morgan fingerprint density at radius 2 is 1.82 bits per heavy atom. The molecule has 3 fully saturated rings. The molecule has 6 rings (SSSR count). The highest BCUT2D eigenvalue weighted by Gasteiger charge is 2.63. The van der Waals surface area contributed by atoms with Gasteiger partial charge in [-0.2, -0.15) is 0 Å². The number of fused-ring (bicyclic) bond motifs is 8. The molecule has 4 aliphatic rings. The summed E-state index contributed by atoms with van der Waals surface area (Å²) in [5.74, 6) is -0.528. The van der Waals surface area contributed by atoms with Crippen LogP contribution < -0.4 is 4.90 Å². The van der Waals surface area contributed by atoms with Gasteiger partial charge in [-0.3, -0.25) is 9.59 Å². The van der Waals surface area contributed by atoms with E-state index in [2.05, 4.69) is 17.1 Å². The maximum absolute atomic E-state index is 13.7. The van der Waals surface area contributed by atoms with E-state index in [9.17, 15) is 9.59 Å². The third kappa shape index (κ3) is 2.09. The predicted molar refractivity (Wildman–Crippen MR) is 103 cm³/mol. The Labute approximate surface area is 162 Å². The van der Waals surface area contributed by atoms with E-state index in [0.29, 0.717) is 12.2 Å². The van der Waals surface area contributed by atoms with Crippen LogP contribution in [0.3, 0.4) is 0 Å². The molecule has 2 bridgehead atoms. The molecule has 0 spiro atoms. The topological polar surface area (TPSA) is 55.8 Å². The minimum Gasteiger partial charge on any atom is -0.353 e. The van der Waals surface area contributed by atoms with Crippen LogP contribution in [0.15, 0.2) is 60.7 Å². The molecule has 0 aliphatic carbocycles. The number of carbonyl (C=O) groups excluding carboxylic acids is 2. The second-order valence-electron chi connectivity index (χ2n) is 7.84. The number of rotatable bonds is 2. The van der Waals surface area contributed by atoms with Crippen molar-refractivity contribution in [1.29, 1.82) is 0 Å². The van der Waals surface area contributed by atoms with E-state index < -0.39 is 12.3 Å². The second-order valence-corrected chi connectivity index (χ2v) is 7.84. The molecule has 3 saturated heterocycles. The summed E-state index contributed by atoms with van der Waals surface area (Å²) in [5.41, 5.74) is 2.73. The van der Waals surface area contributed by atoms with Gasteiger partial charge in [0.25, 0.3) is 0 Å². The summed E-state index contributed by atoms with van der Waals surface area (Å²) < 4.78 is 11.4. The van der Waals surface area contributed by atoms with Gasteiger partial charge >= 0.3 is 0 Å². The van der Waals surface area contributed by atoms with Crippen LogP contribution in [0, 0.1) is 11.8 Å². The minimum absolute atomic E-state index is 0.0324. The maximum Gasteiger partial charge on any atom is 0.218 e. The van der Waals surface area contributed by atoms with Crippen molar-refractivity contribution >= 4 is 23.3 Å². The van der Waals surface area contributed by atoms with Gasteiger partial charge in [-0.15, -0.1) is 0 Å². The molecule has 0 aromatic heterocycles. The normalized spacial score (nSPS) is 34.7. The van der Waals surface area contributed by atoms with E-state index in [0.717, 1.165) is 11.3 Å². The summed E-state index contributed by atoms with van der Waals surface area (Å²) >= 11 is 0. The lowest BCUT2D eigenvalue weighted by molar-refractivity contribution is -0.163. The Bertz CT molecular complexity index is 1000. The molecule has 2 aromatic rings. The maximum atomic E-state index is 13.7. The van der Waals surface area contributed by atoms with Crippen molar-refractivity contribution in [2.75, 3.05) is 11.5 Å². The lowest BCUT2D eigenvalue weighted by atomic mass is 9.77. The standard InChI is InChI=1S/C23H19NO4/c25-21(14-7-2-1-3-8-14)20-19-17-12-27-23(28-17)22(26)18(19)16-11-10-13-6-4-5-9-15(13)24(16)20/h1-11,16-20,23H,12H2/t16-,17+,18+,19+,20+,23+/m1/s1. The predicted octanol–water partition coefficient (Wildman–Crippen LogP) is 2.71. The lowest BCUT2D eigenvalue weighted by Gasteiger charge is -2.35. The number of ether oxygens (including phenoxy) is 2. The number of anilines is 1. The summed E-state index contributed by atoms with van der Waals surface area (Å²) in [6, 6.07) is 16.8. The number of benzene rings is 2. The Hall–Kier alpha value is -2.76. The van der Waals surface area contributed by atoms with Crippen molar-refractivity contribution in [1.82, 2.24) is 0 Å². The van der Waals surface area contributed by atoms with Crippen LogP contribution in [0.25, 0.3) is 6.08 Å². The first-order chi connectivity index (χ1) is 13.7. The van der Waals surface area contributed by atoms with E-state index in [1.807, 2.05) is 54.6 Å². The zero-order valence-electron chi connectivity index (χ0n) is 15.1. The van der Waals surface area contributed by atoms with E-state index in [-0.39, 0.29) is 35.5 Å². The lowest BCUT2D eigenvalue weighted by Crippen LogP contribution is -2.48. The summed E-state index contributed by atoms with van der Waals surface area (Å²) in [7, 11) is 0. The fraction of sp³-hybridized carbons (Fsp3) is 0.304. The number of ketones is 2. The molecule has 4 aliphatic heterocycles. The molecule has 0 unspecified atom stereocenters. The third-order valence-corrected chi connectivity index (χ3v) is 6.48. The fourth-order valence-electron chi connectivity index (χ4n) is 5.35. The average Bonchev–Trinajstić information content (AvgIpc) is 3.33. The monoisotopic (exact) mass is 373 g/mol. The molecule has 0 amide bonds. The van der Waals surface area contributed by atoms with E-state index in [4.69, 9.17) is 9.47 Å². The van der Waals surface area contributed by atoms with Crippen LogP contribution >= 0.6 is 0 Å². The molecule has 5 nitrogen and oxygen atoms in total. The molecule has 4 heterocycles. The molecule has 5 heteroatoms. The van der Waals surface area contributed by atoms with E-state index >= 15 is 0 Å². The summed E-state index contributed by atoms with van der Waals surface area (Å²) in [6.45, 7) is 0.363. The molecule has 2 aromatic carbocycles. The summed E-state index contributed by atoms with van der Waals surface area (Å²) in [6.07, 6.45) is 3.11. The molecule has 0 N–H and O–H groups in total. The van der Waals surface area contributed by atoms with Crippen molar-refractivity contribution in [2.24, 2.45) is 11.8 Å². The molecular weight excluding hydrogens is 354 g/mol. The number of para-hydroxylation sites is 1. The minimum atomic E-state index is -0.788. The largest absolute Gasteiger partial charge is 0.353 e. The van der Waals surface area contributed by atoms with Gasteiger partial charge in [0.2, 0.25) is 6.29 Å². The number of hydrogen-bond acceptors (Lipinski definition) is 5. The Balaban J connectivity index is 1.53. The van der Waals surface area contributed by atoms with Crippen LogP contribution in [0.1, 0.15) is 15.9 Å². The molecule has 0 radical (unpaired) electrons. The first kappa shape index (κ1) is 16.2. The summed E-state index contributed by atoms with van der Waals surface area (Å²) in [4.78, 5) is 28.9. The van der Waals surface area contributed by atoms with Crippen molar-refractivity contribution in [3.8, 4) is 0 Å². The third-order valence-electron chi connectivity index (χ3n) is 6.48. The molecule has 6 atom stereocenters. The van der Waals surface area contributed by atoms with Crippen LogP contribution in [-0.2, 0) is 14.3 Å². The van der Waals surface area contributed by atoms with Gasteiger partial charge in [0, 0.05) is 17.2 Å². The molecule has 140 valence electrons. The first-order valence-electron chi connectivity index (χ1n) is 9.70. The van der Waals surface area contributed by atoms with E-state index in [1.54, 1.807) is 0 Å². The van der Waals surface area contributed by atoms with Gasteiger partial charge in [0.15, 0.2) is 11.6 Å². The van der Waals surface area contributed by atoms with Crippen LogP contribution in [0.2, 0.25) is 0 Å². The average molecular weight is 373 g/mol. The van der Waals surface area contributed by atoms with Gasteiger partial charge in [-0.25, -0.2) is 0 Å². The fourth-order valence-corrected chi connectivity index (χ4v) is 5.35. The highest BCUT2D eigenvalue weighted by molar-refractivity contribution is 6.05. The van der Waals surface area contributed by atoms with Gasteiger partial charge in [0.05, 0.1) is 30.7 Å². The quantitative estimate of drug-likeness (QED) is 0.758. The Morgan fingerprint density at radius 1 is 1.04 bits per heavy atom. The van der Waals surface area contributed by atoms with Crippen molar-refractivity contribution in [2.45, 2.75) is 24.5 Å². The zero-order valence-corrected chi connectivity index (χ0v) is 15.1. The summed E-state index contributed by atoms with van der Waals surface area (Å²) in [5, 5.41) is 0. The second kappa shape index (κ2) is 5.87. The van der Waals surface area contributed by atoms with Crippen molar-refractivity contribution < 1.29 is 19.1 Å². The van der Waals surface area contributed by atoms with Crippen LogP contribution in [0.5, 0.6) is 0 Å². The SMILES string of the molecule is O=C1[C@H]2OC[C@H](O2)[C@H]2[C@@H]1[C@H]1C=Cc3ccccc3N1[C@@H]2C(=O)c1ccccc1. The van der Waals surface area contributed by atoms with Gasteiger partial charge in [-0.05, 0) is 11.6 Å². The zero-order chi connectivity index (χ0) is 18.8. The van der Waals surface area contributed by atoms with E-state index in [1.165, 1.54) is 0 Å². The smallest absolute Gasteiger partial charge is 0.218 e. The van der Waals surface area contributed by atoms with Gasteiger partial charge in [0.1, 0.15) is 0 Å². The Kier molecular flexibility index (Phi) is 3.40. The highest BCUT2D eigenvalue weighted by Crippen LogP contribution is 2.50. The molecular formula is C23H19NO4. The van der Waals surface area contributed by atoms with Crippen molar-refractivity contribution in [3.63, 3.8) is 0 Å². The van der Waals surface area contributed by atoms with Gasteiger partial charge < -0.3 is 14.4 Å². The number of carbonyl (C=O) groups is 2. The molecule has 28 heavy (non-hydrogen) atoms. The first-order valence-corrected chi connectivity index (χ1v) is 9.70. The Morgan fingerprint density at radius 3 is 2.68 bits per heavy atom. The van der Waals surface area contributed by atoms with Crippen molar-refractivity contribution in [3.05, 3.63) is 71.8 Å². The highest BCUT2D eigenvalue weighted by atomic mass is 16.7. The number of nitrogens with zero attached hydrogens (tertiary/aromatic N) is 1. The number of hydrogen-bond donors (Lipinski definition) is 0. The van der Waals surface area contributed by atoms with Crippen LogP contribution in [0.4, 0.5) is 5.69 Å². The molecule has 0 saturated carbocycles. The number of Topliss-reactive ketones (excluding diaryl/α,β-unsaturated/α-hetero) is 2. The van der Waals surface area contributed by atoms with Gasteiger partial charge in [-0.1, -0.05) is 60.7 Å².